The predicted molar refractivity (Wildman–Crippen MR) is 165 cm³/mol. The van der Waals surface area contributed by atoms with E-state index in [0.29, 0.717) is 53.5 Å². The van der Waals surface area contributed by atoms with Crippen molar-refractivity contribution in [2.45, 2.75) is 75.7 Å². The van der Waals surface area contributed by atoms with Gasteiger partial charge in [-0.3, -0.25) is 9.88 Å². The molecule has 8 nitrogen and oxygen atoms in total. The van der Waals surface area contributed by atoms with Crippen LogP contribution in [0.1, 0.15) is 51.0 Å². The van der Waals surface area contributed by atoms with Crippen molar-refractivity contribution in [1.82, 2.24) is 19.9 Å². The van der Waals surface area contributed by atoms with Crippen molar-refractivity contribution >= 4 is 27.5 Å². The van der Waals surface area contributed by atoms with Gasteiger partial charge in [0.25, 0.3) is 0 Å². The summed E-state index contributed by atoms with van der Waals surface area (Å²) in [5.41, 5.74) is 0.265. The Morgan fingerprint density at radius 2 is 2.02 bits per heavy atom. The second-order valence-electron chi connectivity index (χ2n) is 12.9. The largest absolute Gasteiger partial charge is 0.508 e. The smallest absolute Gasteiger partial charge is 0.319 e. The lowest BCUT2D eigenvalue weighted by Crippen LogP contribution is -2.46. The van der Waals surface area contributed by atoms with E-state index in [-0.39, 0.29) is 47.3 Å². The van der Waals surface area contributed by atoms with Gasteiger partial charge in [-0.05, 0) is 79.6 Å². The minimum atomic E-state index is -0.907. The third-order valence-corrected chi connectivity index (χ3v) is 10.4. The van der Waals surface area contributed by atoms with Crippen LogP contribution in [0, 0.1) is 11.6 Å². The summed E-state index contributed by atoms with van der Waals surface area (Å²) < 4.78 is 58.6. The molecule has 4 fully saturated rings. The number of nitrogens with zero attached hydrogens (tertiary/aromatic N) is 5. The molecule has 1 N–H and O–H groups in total. The first kappa shape index (κ1) is 28.8. The zero-order valence-electron chi connectivity index (χ0n) is 25.2. The minimum Gasteiger partial charge on any atom is -0.508 e. The van der Waals surface area contributed by atoms with E-state index in [9.17, 15) is 13.9 Å². The Kier molecular flexibility index (Phi) is 7.01. The van der Waals surface area contributed by atoms with Crippen LogP contribution in [-0.4, -0.2) is 81.7 Å². The summed E-state index contributed by atoms with van der Waals surface area (Å²) in [7, 11) is 0. The normalized spacial score (nSPS) is 26.6. The predicted octanol–water partition coefficient (Wildman–Crippen LogP) is 6.10. The second kappa shape index (κ2) is 11.0. The number of aromatic hydroxyl groups is 1. The van der Waals surface area contributed by atoms with Gasteiger partial charge >= 0.3 is 6.01 Å². The standard InChI is InChI=1S/C34H36F3N5O3/c1-2-22-25(36)7-6-19-13-21(43)14-23(28(19)22)30-29(37)31-24(16-38-30)32(42-11-3-5-27-26(42)8-12-44-27)40-33(39-31)45-18-34-9-4-10-41(34)17-20(35)15-34/h6-7,13-14,16,20,26-27,43H,2-5,8-12,15,17-18H2,1H3/t20-,26?,27?,34?/m1/s1. The number of aromatic nitrogens is 3. The lowest BCUT2D eigenvalue weighted by Gasteiger charge is -2.38. The first-order valence-electron chi connectivity index (χ1n) is 16.1. The van der Waals surface area contributed by atoms with Gasteiger partial charge in [0.1, 0.15) is 41.4 Å². The van der Waals surface area contributed by atoms with E-state index in [1.807, 2.05) is 6.92 Å². The monoisotopic (exact) mass is 619 g/mol. The third-order valence-electron chi connectivity index (χ3n) is 10.4. The van der Waals surface area contributed by atoms with Crippen LogP contribution in [-0.2, 0) is 11.2 Å². The molecule has 4 aliphatic rings. The Balaban J connectivity index is 1.28. The van der Waals surface area contributed by atoms with Crippen LogP contribution in [0.3, 0.4) is 0 Å². The van der Waals surface area contributed by atoms with E-state index in [1.54, 1.807) is 12.3 Å². The molecule has 45 heavy (non-hydrogen) atoms. The number of aryl methyl sites for hydroxylation is 1. The fourth-order valence-electron chi connectivity index (χ4n) is 8.33. The van der Waals surface area contributed by atoms with Crippen molar-refractivity contribution in [2.75, 3.05) is 37.7 Å². The SMILES string of the molecule is CCc1c(F)ccc2cc(O)cc(-c3ncc4c(N5CCCC6OCCC65)nc(OCC56CCCN5C[C@H](F)C6)nc4c3F)c12. The number of rotatable bonds is 6. The fraction of sp³-hybridized carbons (Fsp3) is 0.500. The number of fused-ring (bicyclic) bond motifs is 4. The Morgan fingerprint density at radius 1 is 1.13 bits per heavy atom. The first-order chi connectivity index (χ1) is 21.8. The number of hydrogen-bond acceptors (Lipinski definition) is 8. The molecule has 3 unspecified atom stereocenters. The molecule has 4 atom stereocenters. The average molecular weight is 620 g/mol. The van der Waals surface area contributed by atoms with Crippen LogP contribution < -0.4 is 9.64 Å². The Bertz CT molecular complexity index is 1810. The molecule has 0 radical (unpaired) electrons. The fourth-order valence-corrected chi connectivity index (χ4v) is 8.33. The summed E-state index contributed by atoms with van der Waals surface area (Å²) in [6, 6.07) is 6.00. The van der Waals surface area contributed by atoms with Crippen LogP contribution in [0.15, 0.2) is 30.5 Å². The average Bonchev–Trinajstić information content (AvgIpc) is 3.74. The van der Waals surface area contributed by atoms with E-state index in [0.717, 1.165) is 45.2 Å². The number of piperidine rings is 1. The van der Waals surface area contributed by atoms with Crippen molar-refractivity contribution in [3.8, 4) is 23.0 Å². The molecule has 0 spiro atoms. The lowest BCUT2D eigenvalue weighted by molar-refractivity contribution is 0.0860. The molecule has 4 aliphatic heterocycles. The molecule has 0 aliphatic carbocycles. The Morgan fingerprint density at radius 3 is 2.89 bits per heavy atom. The zero-order valence-corrected chi connectivity index (χ0v) is 25.2. The van der Waals surface area contributed by atoms with E-state index < -0.39 is 23.3 Å². The second-order valence-corrected chi connectivity index (χ2v) is 12.9. The summed E-state index contributed by atoms with van der Waals surface area (Å²) in [4.78, 5) is 18.3. The number of alkyl halides is 1. The maximum absolute atomic E-state index is 16.9. The molecule has 8 rings (SSSR count). The first-order valence-corrected chi connectivity index (χ1v) is 16.1. The number of hydrogen-bond donors (Lipinski definition) is 1. The molecule has 4 aromatic rings. The summed E-state index contributed by atoms with van der Waals surface area (Å²) in [5, 5.41) is 12.1. The molecule has 0 amide bonds. The number of phenolic OH excluding ortho intramolecular Hbond substituents is 1. The van der Waals surface area contributed by atoms with Crippen LogP contribution in [0.5, 0.6) is 11.8 Å². The molecule has 2 aromatic heterocycles. The van der Waals surface area contributed by atoms with Gasteiger partial charge in [-0.1, -0.05) is 13.0 Å². The number of ether oxygens (including phenoxy) is 2. The number of pyridine rings is 1. The summed E-state index contributed by atoms with van der Waals surface area (Å²) in [5.74, 6) is -0.659. The van der Waals surface area contributed by atoms with Gasteiger partial charge < -0.3 is 19.5 Å². The molecule has 6 heterocycles. The molecule has 2 aromatic carbocycles. The van der Waals surface area contributed by atoms with Crippen molar-refractivity contribution in [2.24, 2.45) is 0 Å². The highest BCUT2D eigenvalue weighted by atomic mass is 19.1. The molecular weight excluding hydrogens is 583 g/mol. The van der Waals surface area contributed by atoms with Gasteiger partial charge in [0.2, 0.25) is 0 Å². The van der Waals surface area contributed by atoms with Gasteiger partial charge in [0.15, 0.2) is 5.82 Å². The van der Waals surface area contributed by atoms with E-state index >= 15 is 4.39 Å². The highest BCUT2D eigenvalue weighted by Gasteiger charge is 2.49. The topological polar surface area (TPSA) is 83.8 Å². The molecule has 0 saturated carbocycles. The maximum atomic E-state index is 16.9. The van der Waals surface area contributed by atoms with E-state index in [2.05, 4.69) is 19.8 Å². The summed E-state index contributed by atoms with van der Waals surface area (Å²) >= 11 is 0. The third kappa shape index (κ3) is 4.69. The van der Waals surface area contributed by atoms with Gasteiger partial charge in [0.05, 0.1) is 23.1 Å². The van der Waals surface area contributed by atoms with E-state index in [1.165, 1.54) is 18.2 Å². The molecular formula is C34H36F3N5O3. The quantitative estimate of drug-likeness (QED) is 0.277. The number of phenols is 1. The van der Waals surface area contributed by atoms with Crippen LogP contribution >= 0.6 is 0 Å². The summed E-state index contributed by atoms with van der Waals surface area (Å²) in [6.07, 6.45) is 5.96. The molecule has 11 heteroatoms. The highest BCUT2D eigenvalue weighted by Crippen LogP contribution is 2.43. The lowest BCUT2D eigenvalue weighted by atomic mass is 9.94. The zero-order chi connectivity index (χ0) is 30.9. The van der Waals surface area contributed by atoms with Crippen molar-refractivity contribution in [3.63, 3.8) is 0 Å². The van der Waals surface area contributed by atoms with Gasteiger partial charge in [-0.25, -0.2) is 13.2 Å². The van der Waals surface area contributed by atoms with Gasteiger partial charge in [0, 0.05) is 37.9 Å². The Labute approximate surface area is 259 Å². The van der Waals surface area contributed by atoms with Gasteiger partial charge in [-0.15, -0.1) is 0 Å². The van der Waals surface area contributed by atoms with Crippen LogP contribution in [0.25, 0.3) is 32.9 Å². The van der Waals surface area contributed by atoms with Crippen molar-refractivity contribution < 1.29 is 27.8 Å². The molecule has 0 bridgehead atoms. The van der Waals surface area contributed by atoms with Crippen molar-refractivity contribution in [1.29, 1.82) is 0 Å². The number of anilines is 1. The molecule has 4 saturated heterocycles. The van der Waals surface area contributed by atoms with Crippen LogP contribution in [0.4, 0.5) is 19.0 Å². The number of benzene rings is 2. The van der Waals surface area contributed by atoms with Crippen LogP contribution in [0.2, 0.25) is 0 Å². The summed E-state index contributed by atoms with van der Waals surface area (Å²) in [6.45, 7) is 4.64. The maximum Gasteiger partial charge on any atom is 0.319 e. The van der Waals surface area contributed by atoms with E-state index in [4.69, 9.17) is 14.5 Å². The highest BCUT2D eigenvalue weighted by molar-refractivity contribution is 6.01. The molecule has 236 valence electrons. The van der Waals surface area contributed by atoms with Crippen molar-refractivity contribution in [3.05, 3.63) is 47.7 Å². The van der Waals surface area contributed by atoms with Gasteiger partial charge in [-0.2, -0.15) is 9.97 Å². The minimum absolute atomic E-state index is 0.0270. The number of halogens is 3. The Hall–Kier alpha value is -3.70.